The third-order valence-corrected chi connectivity index (χ3v) is 11.0. The third kappa shape index (κ3) is 6.71. The van der Waals surface area contributed by atoms with Crippen molar-refractivity contribution in [2.75, 3.05) is 5.73 Å². The van der Waals surface area contributed by atoms with Crippen LogP contribution in [0.4, 0.5) is 5.69 Å². The highest BCUT2D eigenvalue weighted by Crippen LogP contribution is 2.50. The molecule has 1 heterocycles. The van der Waals surface area contributed by atoms with Crippen LogP contribution in [-0.2, 0) is 5.41 Å². The second-order valence-corrected chi connectivity index (χ2v) is 14.8. The molecule has 0 unspecified atom stereocenters. The van der Waals surface area contributed by atoms with Gasteiger partial charge in [0.15, 0.2) is 0 Å². The zero-order valence-electron chi connectivity index (χ0n) is 32.1. The van der Waals surface area contributed by atoms with Crippen LogP contribution in [0.3, 0.4) is 0 Å². The van der Waals surface area contributed by atoms with Crippen LogP contribution in [-0.4, -0.2) is 4.57 Å². The number of hydrogen-bond acceptors (Lipinski definition) is 1. The summed E-state index contributed by atoms with van der Waals surface area (Å²) in [6, 6.07) is 47.2. The highest BCUT2D eigenvalue weighted by Gasteiger charge is 2.37. The Morgan fingerprint density at radius 1 is 0.732 bits per heavy atom. The summed E-state index contributed by atoms with van der Waals surface area (Å²) in [6.45, 7) is 12.3. The maximum absolute atomic E-state index is 6.25. The smallest absolute Gasteiger partial charge is 0.0561 e. The molecule has 2 N–H and O–H groups in total. The highest BCUT2D eigenvalue weighted by atomic mass is 15.0. The SMILES string of the molecule is C=C/C=C1\C(=C/c2ccccc2)C(C)(C)c2ccccc21.C=C/C=C\C(=C1\C=CC=CC1)c1ccc(-n2c3cc(N)ccc3c3c4ccccc4ccc32)cc1. The first-order chi connectivity index (χ1) is 27.4. The van der Waals surface area contributed by atoms with Gasteiger partial charge in [-0.05, 0) is 92.1 Å². The first-order valence-electron chi connectivity index (χ1n) is 19.3. The molecule has 0 radical (unpaired) electrons. The van der Waals surface area contributed by atoms with Crippen LogP contribution in [0.2, 0.25) is 0 Å². The molecule has 0 saturated heterocycles. The lowest BCUT2D eigenvalue weighted by Gasteiger charge is -2.22. The molecule has 7 aromatic rings. The van der Waals surface area contributed by atoms with E-state index in [4.69, 9.17) is 5.73 Å². The van der Waals surface area contributed by atoms with Crippen LogP contribution in [0.1, 0.15) is 42.5 Å². The van der Waals surface area contributed by atoms with Gasteiger partial charge in [0.1, 0.15) is 0 Å². The molecule has 2 aliphatic rings. The zero-order valence-corrected chi connectivity index (χ0v) is 32.1. The lowest BCUT2D eigenvalue weighted by molar-refractivity contribution is 0.665. The fourth-order valence-electron chi connectivity index (χ4n) is 8.30. The van der Waals surface area contributed by atoms with Gasteiger partial charge in [-0.2, -0.15) is 0 Å². The number of rotatable bonds is 6. The van der Waals surface area contributed by atoms with Gasteiger partial charge in [-0.3, -0.25) is 0 Å². The number of nitrogens with zero attached hydrogens (tertiary/aromatic N) is 1. The summed E-state index contributed by atoms with van der Waals surface area (Å²) < 4.78 is 2.33. The summed E-state index contributed by atoms with van der Waals surface area (Å²) in [4.78, 5) is 0. The molecule has 56 heavy (non-hydrogen) atoms. The number of allylic oxidation sites excluding steroid dienone is 13. The van der Waals surface area contributed by atoms with Gasteiger partial charge in [0.05, 0.1) is 11.0 Å². The summed E-state index contributed by atoms with van der Waals surface area (Å²) in [5.74, 6) is 0. The molecule has 0 spiro atoms. The molecular weight excluding hydrogens is 677 g/mol. The van der Waals surface area contributed by atoms with Crippen molar-refractivity contribution in [3.63, 3.8) is 0 Å². The number of benzene rings is 6. The summed E-state index contributed by atoms with van der Waals surface area (Å²) in [7, 11) is 0. The van der Waals surface area contributed by atoms with Gasteiger partial charge in [-0.1, -0.05) is 191 Å². The quantitative estimate of drug-likeness (QED) is 0.134. The van der Waals surface area contributed by atoms with Gasteiger partial charge < -0.3 is 10.3 Å². The predicted molar refractivity (Wildman–Crippen MR) is 244 cm³/mol. The standard InChI is InChI=1S/C33H26N2.C21H20/c1-2-3-12-28(23-9-5-4-6-10-23)25-14-18-27(19-15-25)35-31-21-16-24-11-7-8-13-29(24)33(31)30-20-17-26(34)22-32(30)35;1-4-10-17-18-13-8-9-14-19(18)21(2,3)20(17)15-16-11-6-5-7-12-16/h2-9,11-22H,1,10,34H2;4-15H,1H2,2-3H3/b12-3-,28-23+;17-10-,20-15+. The van der Waals surface area contributed by atoms with Crippen LogP contribution in [0.15, 0.2) is 212 Å². The van der Waals surface area contributed by atoms with Gasteiger partial charge >= 0.3 is 0 Å². The van der Waals surface area contributed by atoms with Crippen molar-refractivity contribution in [2.24, 2.45) is 0 Å². The van der Waals surface area contributed by atoms with Crippen molar-refractivity contribution in [1.82, 2.24) is 4.57 Å². The highest BCUT2D eigenvalue weighted by molar-refractivity contribution is 6.21. The number of aromatic nitrogens is 1. The van der Waals surface area contributed by atoms with E-state index in [1.165, 1.54) is 71.6 Å². The molecule has 0 bridgehead atoms. The molecule has 272 valence electrons. The van der Waals surface area contributed by atoms with Crippen LogP contribution in [0.25, 0.3) is 55.5 Å². The Kier molecular flexibility index (Phi) is 9.96. The number of hydrogen-bond donors (Lipinski definition) is 1. The summed E-state index contributed by atoms with van der Waals surface area (Å²) in [6.07, 6.45) is 21.8. The molecule has 0 amide bonds. The predicted octanol–water partition coefficient (Wildman–Crippen LogP) is 14.2. The number of nitrogen functional groups attached to an aromatic ring is 1. The molecule has 2 nitrogen and oxygen atoms in total. The third-order valence-electron chi connectivity index (χ3n) is 11.0. The van der Waals surface area contributed by atoms with Gasteiger partial charge in [0.25, 0.3) is 0 Å². The largest absolute Gasteiger partial charge is 0.399 e. The lowest BCUT2D eigenvalue weighted by atomic mass is 9.81. The summed E-state index contributed by atoms with van der Waals surface area (Å²) in [5, 5.41) is 4.98. The Labute approximate surface area is 330 Å². The van der Waals surface area contributed by atoms with E-state index in [-0.39, 0.29) is 5.41 Å². The van der Waals surface area contributed by atoms with Crippen LogP contribution in [0, 0.1) is 0 Å². The Bertz CT molecular complexity index is 2810. The van der Waals surface area contributed by atoms with E-state index in [0.717, 1.165) is 23.3 Å². The van der Waals surface area contributed by atoms with Crippen LogP contribution in [0.5, 0.6) is 0 Å². The van der Waals surface area contributed by atoms with E-state index in [0.29, 0.717) is 0 Å². The molecule has 0 saturated carbocycles. The van der Waals surface area contributed by atoms with Gasteiger partial charge in [0.2, 0.25) is 0 Å². The fraction of sp³-hybridized carbons (Fsp3) is 0.0741. The molecule has 0 aliphatic heterocycles. The van der Waals surface area contributed by atoms with E-state index in [1.54, 1.807) is 0 Å². The van der Waals surface area contributed by atoms with Gasteiger partial charge in [-0.25, -0.2) is 0 Å². The molecule has 9 rings (SSSR count). The van der Waals surface area contributed by atoms with Crippen LogP contribution >= 0.6 is 0 Å². The topological polar surface area (TPSA) is 30.9 Å². The second kappa shape index (κ2) is 15.5. The monoisotopic (exact) mass is 722 g/mol. The van der Waals surface area contributed by atoms with E-state index >= 15 is 0 Å². The first kappa shape index (κ1) is 36.1. The summed E-state index contributed by atoms with van der Waals surface area (Å²) >= 11 is 0. The molecule has 0 atom stereocenters. The zero-order chi connectivity index (χ0) is 38.6. The Balaban J connectivity index is 0.000000179. The molecule has 0 fully saturated rings. The average Bonchev–Trinajstić information content (AvgIpc) is 3.67. The number of fused-ring (bicyclic) bond motifs is 6. The van der Waals surface area contributed by atoms with E-state index in [2.05, 4.69) is 201 Å². The number of nitrogens with two attached hydrogens (primary N) is 1. The van der Waals surface area contributed by atoms with Gasteiger partial charge in [-0.15, -0.1) is 0 Å². The molecule has 2 aliphatic carbocycles. The van der Waals surface area contributed by atoms with E-state index in [9.17, 15) is 0 Å². The fourth-order valence-corrected chi connectivity index (χ4v) is 8.30. The van der Waals surface area contributed by atoms with Crippen LogP contribution < -0.4 is 5.73 Å². The maximum atomic E-state index is 6.25. The Hall–Kier alpha value is -6.90. The molecule has 1 aromatic heterocycles. The van der Waals surface area contributed by atoms with Crippen molar-refractivity contribution in [2.45, 2.75) is 25.7 Å². The van der Waals surface area contributed by atoms with E-state index < -0.39 is 0 Å². The van der Waals surface area contributed by atoms with Crippen molar-refractivity contribution >= 4 is 55.5 Å². The lowest BCUT2D eigenvalue weighted by Crippen LogP contribution is -2.14. The average molecular weight is 723 g/mol. The second-order valence-electron chi connectivity index (χ2n) is 14.8. The minimum Gasteiger partial charge on any atom is -0.399 e. The molecular formula is C54H46N2. The first-order valence-corrected chi connectivity index (χ1v) is 19.3. The Morgan fingerprint density at radius 2 is 1.50 bits per heavy atom. The maximum Gasteiger partial charge on any atom is 0.0561 e. The Morgan fingerprint density at radius 3 is 2.27 bits per heavy atom. The summed E-state index contributed by atoms with van der Waals surface area (Å²) in [5.41, 5.74) is 20.8. The van der Waals surface area contributed by atoms with Crippen molar-refractivity contribution in [3.8, 4) is 5.69 Å². The van der Waals surface area contributed by atoms with Crippen molar-refractivity contribution < 1.29 is 0 Å². The minimum atomic E-state index is 0.0152. The van der Waals surface area contributed by atoms with Crippen molar-refractivity contribution in [3.05, 3.63) is 235 Å². The molecule has 6 aromatic carbocycles. The van der Waals surface area contributed by atoms with E-state index in [1.807, 2.05) is 24.3 Å². The van der Waals surface area contributed by atoms with Gasteiger partial charge in [0, 0.05) is 27.6 Å². The normalized spacial score (nSPS) is 16.8. The minimum absolute atomic E-state index is 0.0152. The number of anilines is 1. The molecule has 2 heteroatoms. The van der Waals surface area contributed by atoms with Crippen molar-refractivity contribution in [1.29, 1.82) is 0 Å².